The van der Waals surface area contributed by atoms with E-state index in [0.29, 0.717) is 6.04 Å². The first-order chi connectivity index (χ1) is 7.80. The van der Waals surface area contributed by atoms with Crippen molar-refractivity contribution < 1.29 is 9.15 Å². The Bertz CT molecular complexity index is 368. The van der Waals surface area contributed by atoms with Crippen LogP contribution >= 0.6 is 0 Å². The molecule has 1 saturated heterocycles. The molecule has 0 amide bonds. The van der Waals surface area contributed by atoms with Gasteiger partial charge >= 0.3 is 0 Å². The maximum Gasteiger partial charge on any atom is 0.120 e. The lowest BCUT2D eigenvalue weighted by Crippen LogP contribution is -2.44. The fourth-order valence-corrected chi connectivity index (χ4v) is 2.74. The van der Waals surface area contributed by atoms with Gasteiger partial charge in [-0.1, -0.05) is 0 Å². The number of nitrogens with one attached hydrogen (secondary N) is 1. The molecule has 0 saturated carbocycles. The summed E-state index contributed by atoms with van der Waals surface area (Å²) in [6.45, 7) is 10.7. The number of rotatable bonds is 3. The molecule has 1 aromatic rings. The fraction of sp³-hybridized carbons (Fsp3) is 0.714. The largest absolute Gasteiger partial charge is 0.468 e. The lowest BCUT2D eigenvalue weighted by Gasteiger charge is -2.29. The molecule has 2 atom stereocenters. The van der Waals surface area contributed by atoms with E-state index in [-0.39, 0.29) is 17.2 Å². The van der Waals surface area contributed by atoms with Crippen LogP contribution in [0.2, 0.25) is 0 Å². The van der Waals surface area contributed by atoms with Gasteiger partial charge in [0.05, 0.1) is 23.5 Å². The van der Waals surface area contributed by atoms with Gasteiger partial charge in [-0.3, -0.25) is 0 Å². The van der Waals surface area contributed by atoms with Crippen molar-refractivity contribution in [3.8, 4) is 0 Å². The summed E-state index contributed by atoms with van der Waals surface area (Å²) in [5, 5.41) is 3.61. The molecule has 17 heavy (non-hydrogen) atoms. The van der Waals surface area contributed by atoms with Gasteiger partial charge in [-0.05, 0) is 53.2 Å². The minimum Gasteiger partial charge on any atom is -0.468 e. The summed E-state index contributed by atoms with van der Waals surface area (Å²) >= 11 is 0. The van der Waals surface area contributed by atoms with Crippen molar-refractivity contribution in [3.05, 3.63) is 24.2 Å². The first-order valence-corrected chi connectivity index (χ1v) is 6.30. The van der Waals surface area contributed by atoms with Gasteiger partial charge in [-0.15, -0.1) is 0 Å². The van der Waals surface area contributed by atoms with Crippen molar-refractivity contribution >= 4 is 0 Å². The van der Waals surface area contributed by atoms with Crippen LogP contribution in [0.3, 0.4) is 0 Å². The Morgan fingerprint density at radius 2 is 2.06 bits per heavy atom. The molecule has 2 rings (SSSR count). The smallest absolute Gasteiger partial charge is 0.120 e. The van der Waals surface area contributed by atoms with Crippen molar-refractivity contribution in [2.24, 2.45) is 0 Å². The molecular weight excluding hydrogens is 214 g/mol. The molecule has 1 aliphatic rings. The fourth-order valence-electron chi connectivity index (χ4n) is 2.74. The molecule has 1 unspecified atom stereocenters. The van der Waals surface area contributed by atoms with Crippen molar-refractivity contribution in [3.63, 3.8) is 0 Å². The lowest BCUT2D eigenvalue weighted by molar-refractivity contribution is -0.0704. The zero-order valence-corrected chi connectivity index (χ0v) is 11.4. The van der Waals surface area contributed by atoms with Crippen LogP contribution in [-0.2, 0) is 4.74 Å². The van der Waals surface area contributed by atoms with Gasteiger partial charge in [-0.2, -0.15) is 0 Å². The van der Waals surface area contributed by atoms with Crippen LogP contribution in [0.5, 0.6) is 0 Å². The lowest BCUT2D eigenvalue weighted by atomic mass is 9.93. The van der Waals surface area contributed by atoms with Crippen LogP contribution in [0.15, 0.2) is 22.8 Å². The molecule has 3 heteroatoms. The molecular formula is C14H23NO2. The van der Waals surface area contributed by atoms with E-state index in [1.165, 1.54) is 0 Å². The van der Waals surface area contributed by atoms with Crippen molar-refractivity contribution in [1.29, 1.82) is 0 Å². The predicted octanol–water partition coefficient (Wildman–Crippen LogP) is 3.28. The van der Waals surface area contributed by atoms with E-state index < -0.39 is 0 Å². The molecule has 2 heterocycles. The molecule has 0 bridgehead atoms. The van der Waals surface area contributed by atoms with Crippen LogP contribution in [0, 0.1) is 0 Å². The molecule has 0 aromatic carbocycles. The standard InChI is InChI=1S/C14H23NO2/c1-10(11-7-6-8-16-11)15-12-9-13(2,3)17-14(12,4)5/h6-8,10,12,15H,9H2,1-5H3/t10-,12?/m1/s1. The van der Waals surface area contributed by atoms with Gasteiger partial charge in [0.2, 0.25) is 0 Å². The Morgan fingerprint density at radius 3 is 2.53 bits per heavy atom. The second-order valence-corrected chi connectivity index (χ2v) is 6.13. The second kappa shape index (κ2) is 4.14. The Morgan fingerprint density at radius 1 is 1.35 bits per heavy atom. The summed E-state index contributed by atoms with van der Waals surface area (Å²) in [4.78, 5) is 0. The first-order valence-electron chi connectivity index (χ1n) is 6.30. The molecule has 0 radical (unpaired) electrons. The predicted molar refractivity (Wildman–Crippen MR) is 67.9 cm³/mol. The Hall–Kier alpha value is -0.800. The normalized spacial score (nSPS) is 28.2. The molecule has 1 fully saturated rings. The third kappa shape index (κ3) is 2.72. The van der Waals surface area contributed by atoms with E-state index in [1.807, 2.05) is 12.1 Å². The van der Waals surface area contributed by atoms with Crippen LogP contribution < -0.4 is 5.32 Å². The van der Waals surface area contributed by atoms with Gasteiger partial charge in [-0.25, -0.2) is 0 Å². The molecule has 1 aliphatic heterocycles. The third-order valence-corrected chi connectivity index (χ3v) is 3.50. The van der Waals surface area contributed by atoms with E-state index >= 15 is 0 Å². The minimum absolute atomic E-state index is 0.0515. The van der Waals surface area contributed by atoms with E-state index in [1.54, 1.807) is 6.26 Å². The minimum atomic E-state index is -0.135. The highest BCUT2D eigenvalue weighted by molar-refractivity contribution is 5.06. The average molecular weight is 237 g/mol. The van der Waals surface area contributed by atoms with E-state index in [9.17, 15) is 0 Å². The van der Waals surface area contributed by atoms with Crippen molar-refractivity contribution in [2.45, 2.75) is 64.3 Å². The zero-order chi connectivity index (χ0) is 12.7. The summed E-state index contributed by atoms with van der Waals surface area (Å²) in [5.74, 6) is 0.977. The molecule has 0 aliphatic carbocycles. The Labute approximate surface area is 104 Å². The molecule has 0 spiro atoms. The molecule has 96 valence electrons. The topological polar surface area (TPSA) is 34.4 Å². The van der Waals surface area contributed by atoms with Gasteiger partial charge in [0.25, 0.3) is 0 Å². The summed E-state index contributed by atoms with van der Waals surface area (Å²) in [6.07, 6.45) is 2.73. The van der Waals surface area contributed by atoms with Crippen LogP contribution in [0.1, 0.15) is 52.8 Å². The van der Waals surface area contributed by atoms with Gasteiger partial charge < -0.3 is 14.5 Å². The van der Waals surface area contributed by atoms with Crippen LogP contribution in [-0.4, -0.2) is 17.2 Å². The SMILES string of the molecule is C[C@@H](NC1CC(C)(C)OC1(C)C)c1ccco1. The summed E-state index contributed by atoms with van der Waals surface area (Å²) in [5.41, 5.74) is -0.186. The van der Waals surface area contributed by atoms with Gasteiger partial charge in [0.15, 0.2) is 0 Å². The van der Waals surface area contributed by atoms with Gasteiger partial charge in [0, 0.05) is 6.04 Å². The molecule has 3 nitrogen and oxygen atoms in total. The van der Waals surface area contributed by atoms with E-state index in [0.717, 1.165) is 12.2 Å². The molecule has 1 aromatic heterocycles. The summed E-state index contributed by atoms with van der Waals surface area (Å²) in [7, 11) is 0. The van der Waals surface area contributed by atoms with Crippen molar-refractivity contribution in [1.82, 2.24) is 5.32 Å². The number of hydrogen-bond acceptors (Lipinski definition) is 3. The first kappa shape index (κ1) is 12.7. The van der Waals surface area contributed by atoms with E-state index in [2.05, 4.69) is 39.9 Å². The number of hydrogen-bond donors (Lipinski definition) is 1. The zero-order valence-electron chi connectivity index (χ0n) is 11.4. The van der Waals surface area contributed by atoms with Gasteiger partial charge in [0.1, 0.15) is 5.76 Å². The summed E-state index contributed by atoms with van der Waals surface area (Å²) in [6, 6.07) is 4.49. The maximum absolute atomic E-state index is 6.07. The maximum atomic E-state index is 6.07. The van der Waals surface area contributed by atoms with E-state index in [4.69, 9.17) is 9.15 Å². The van der Waals surface area contributed by atoms with Crippen LogP contribution in [0.4, 0.5) is 0 Å². The third-order valence-electron chi connectivity index (χ3n) is 3.50. The van der Waals surface area contributed by atoms with Crippen LogP contribution in [0.25, 0.3) is 0 Å². The average Bonchev–Trinajstić information content (AvgIpc) is 2.72. The molecule has 1 N–H and O–H groups in total. The van der Waals surface area contributed by atoms with Crippen molar-refractivity contribution in [2.75, 3.05) is 0 Å². The quantitative estimate of drug-likeness (QED) is 0.876. The summed E-state index contributed by atoms with van der Waals surface area (Å²) < 4.78 is 11.5. The monoisotopic (exact) mass is 237 g/mol. The Kier molecular flexibility index (Phi) is 3.08. The highest BCUT2D eigenvalue weighted by Crippen LogP contribution is 2.38. The number of furan rings is 1. The highest BCUT2D eigenvalue weighted by Gasteiger charge is 2.46. The Balaban J connectivity index is 2.04. The second-order valence-electron chi connectivity index (χ2n) is 6.13. The number of ether oxygens (including phenoxy) is 1. The highest BCUT2D eigenvalue weighted by atomic mass is 16.5.